The fraction of sp³-hybridized carbons (Fsp3) is 0.440. The lowest BCUT2D eigenvalue weighted by atomic mass is 9.85. The number of hydrogen-bond donors (Lipinski definition) is 1. The minimum atomic E-state index is -0.694. The van der Waals surface area contributed by atoms with Crippen LogP contribution in [0.1, 0.15) is 55.3 Å². The first-order valence-corrected chi connectivity index (χ1v) is 11.6. The number of hydrogen-bond acceptors (Lipinski definition) is 4. The third-order valence-corrected chi connectivity index (χ3v) is 6.87. The summed E-state index contributed by atoms with van der Waals surface area (Å²) >= 11 is 0. The third-order valence-electron chi connectivity index (χ3n) is 6.87. The van der Waals surface area contributed by atoms with Crippen LogP contribution in [0.2, 0.25) is 0 Å². The molecular weight excluding hydrogens is 402 g/mol. The van der Waals surface area contributed by atoms with E-state index in [2.05, 4.69) is 10.3 Å². The van der Waals surface area contributed by atoms with Gasteiger partial charge in [-0.25, -0.2) is 4.79 Å². The van der Waals surface area contributed by atoms with Crippen molar-refractivity contribution < 1.29 is 9.59 Å². The number of benzene rings is 1. The van der Waals surface area contributed by atoms with Gasteiger partial charge in [0.1, 0.15) is 11.4 Å². The second-order valence-electron chi connectivity index (χ2n) is 8.97. The highest BCUT2D eigenvalue weighted by molar-refractivity contribution is 6.19. The summed E-state index contributed by atoms with van der Waals surface area (Å²) in [6.07, 6.45) is 10.7. The number of carbonyl (C=O) groups is 2. The number of nitrogens with one attached hydrogen (secondary N) is 1. The number of aromatic nitrogens is 1. The SMILES string of the molecule is O=C(c1ccccc1)N1CCCC2(C1)C(=NC1CCCCC1)NC(=O)N2c1cccnc1. The van der Waals surface area contributed by atoms with E-state index in [-0.39, 0.29) is 18.0 Å². The number of carbonyl (C=O) groups excluding carboxylic acids is 2. The molecule has 5 rings (SSSR count). The normalized spacial score (nSPS) is 25.4. The van der Waals surface area contributed by atoms with Gasteiger partial charge in [-0.3, -0.25) is 25.0 Å². The standard InChI is InChI=1S/C25H29N5O2/c31-22(19-9-3-1-4-10-19)29-16-8-14-25(18-29)23(27-20-11-5-2-6-12-20)28-24(32)30(25)21-13-7-15-26-17-21/h1,3-4,7,9-10,13,15,17,20H,2,5-6,8,11-12,14,16,18H2,(H,27,28,32). The van der Waals surface area contributed by atoms with Gasteiger partial charge in [-0.1, -0.05) is 37.5 Å². The van der Waals surface area contributed by atoms with E-state index in [0.717, 1.165) is 31.4 Å². The highest BCUT2D eigenvalue weighted by Gasteiger charge is 2.54. The molecule has 1 unspecified atom stereocenters. The maximum atomic E-state index is 13.3. The molecule has 1 aromatic carbocycles. The Hall–Kier alpha value is -3.22. The van der Waals surface area contributed by atoms with Gasteiger partial charge in [-0.05, 0) is 49.9 Å². The molecule has 3 aliphatic rings. The van der Waals surface area contributed by atoms with Crippen LogP contribution < -0.4 is 10.2 Å². The highest BCUT2D eigenvalue weighted by atomic mass is 16.2. The van der Waals surface area contributed by atoms with Crippen LogP contribution >= 0.6 is 0 Å². The molecule has 2 aromatic rings. The van der Waals surface area contributed by atoms with Crippen LogP contribution in [0.4, 0.5) is 10.5 Å². The van der Waals surface area contributed by atoms with E-state index < -0.39 is 5.54 Å². The van der Waals surface area contributed by atoms with Crippen molar-refractivity contribution in [2.75, 3.05) is 18.0 Å². The Labute approximate surface area is 188 Å². The van der Waals surface area contributed by atoms with Gasteiger partial charge in [-0.15, -0.1) is 0 Å². The van der Waals surface area contributed by atoms with E-state index in [1.54, 1.807) is 17.3 Å². The van der Waals surface area contributed by atoms with Crippen LogP contribution in [-0.4, -0.2) is 52.3 Å². The molecule has 3 fully saturated rings. The number of amides is 3. The number of pyridine rings is 1. The molecule has 32 heavy (non-hydrogen) atoms. The van der Waals surface area contributed by atoms with Crippen molar-refractivity contribution in [3.63, 3.8) is 0 Å². The van der Waals surface area contributed by atoms with Crippen molar-refractivity contribution in [3.05, 3.63) is 60.4 Å². The van der Waals surface area contributed by atoms with Crippen molar-refractivity contribution in [3.8, 4) is 0 Å². The number of nitrogens with zero attached hydrogens (tertiary/aromatic N) is 4. The Morgan fingerprint density at radius 1 is 1.06 bits per heavy atom. The second-order valence-corrected chi connectivity index (χ2v) is 8.97. The van der Waals surface area contributed by atoms with E-state index in [4.69, 9.17) is 4.99 Å². The number of likely N-dealkylation sites (tertiary alicyclic amines) is 1. The van der Waals surface area contributed by atoms with Crippen LogP contribution in [0.5, 0.6) is 0 Å². The van der Waals surface area contributed by atoms with Crippen molar-refractivity contribution in [1.29, 1.82) is 0 Å². The van der Waals surface area contributed by atoms with Crippen LogP contribution in [0.25, 0.3) is 0 Å². The summed E-state index contributed by atoms with van der Waals surface area (Å²) in [7, 11) is 0. The van der Waals surface area contributed by atoms with Crippen LogP contribution in [0.3, 0.4) is 0 Å². The average Bonchev–Trinajstić information content (AvgIpc) is 3.10. The third kappa shape index (κ3) is 3.76. The summed E-state index contributed by atoms with van der Waals surface area (Å²) in [5.41, 5.74) is 0.702. The van der Waals surface area contributed by atoms with Gasteiger partial charge < -0.3 is 4.90 Å². The molecule has 1 aromatic heterocycles. The maximum Gasteiger partial charge on any atom is 0.328 e. The van der Waals surface area contributed by atoms with E-state index in [9.17, 15) is 9.59 Å². The van der Waals surface area contributed by atoms with E-state index >= 15 is 0 Å². The lowest BCUT2D eigenvalue weighted by molar-refractivity contribution is 0.0686. The summed E-state index contributed by atoms with van der Waals surface area (Å²) in [6.45, 7) is 1.08. The molecule has 2 aliphatic heterocycles. The molecule has 7 nitrogen and oxygen atoms in total. The summed E-state index contributed by atoms with van der Waals surface area (Å²) in [4.78, 5) is 39.5. The second kappa shape index (κ2) is 8.73. The number of piperidine rings is 1. The molecule has 0 radical (unpaired) electrons. The Morgan fingerprint density at radius 3 is 2.62 bits per heavy atom. The summed E-state index contributed by atoms with van der Waals surface area (Å²) in [5, 5.41) is 3.08. The van der Waals surface area contributed by atoms with Crippen LogP contribution in [0, 0.1) is 0 Å². The Morgan fingerprint density at radius 2 is 1.88 bits per heavy atom. The number of amidine groups is 1. The molecule has 3 amide bonds. The van der Waals surface area contributed by atoms with E-state index in [1.165, 1.54) is 19.3 Å². The zero-order valence-electron chi connectivity index (χ0n) is 18.2. The molecule has 1 atom stereocenters. The minimum Gasteiger partial charge on any atom is -0.336 e. The number of urea groups is 1. The summed E-state index contributed by atoms with van der Waals surface area (Å²) in [6, 6.07) is 13.1. The Kier molecular flexibility index (Phi) is 5.64. The lowest BCUT2D eigenvalue weighted by Gasteiger charge is -2.44. The fourth-order valence-electron chi connectivity index (χ4n) is 5.32. The smallest absolute Gasteiger partial charge is 0.328 e. The predicted molar refractivity (Wildman–Crippen MR) is 124 cm³/mol. The lowest BCUT2D eigenvalue weighted by Crippen LogP contribution is -2.61. The highest BCUT2D eigenvalue weighted by Crippen LogP contribution is 2.37. The monoisotopic (exact) mass is 431 g/mol. The molecule has 3 heterocycles. The van der Waals surface area contributed by atoms with Crippen LogP contribution in [0.15, 0.2) is 59.9 Å². The number of aliphatic imine (C=N–C) groups is 1. The van der Waals surface area contributed by atoms with Gasteiger partial charge in [0.2, 0.25) is 0 Å². The first kappa shape index (κ1) is 20.7. The molecule has 1 spiro atoms. The van der Waals surface area contributed by atoms with Gasteiger partial charge in [0.15, 0.2) is 0 Å². The zero-order valence-corrected chi connectivity index (χ0v) is 18.2. The Balaban J connectivity index is 1.53. The Bertz CT molecular complexity index is 1000. The average molecular weight is 432 g/mol. The largest absolute Gasteiger partial charge is 0.336 e. The van der Waals surface area contributed by atoms with Gasteiger partial charge in [0.05, 0.1) is 24.5 Å². The van der Waals surface area contributed by atoms with E-state index in [1.807, 2.05) is 47.4 Å². The van der Waals surface area contributed by atoms with Gasteiger partial charge in [0.25, 0.3) is 5.91 Å². The molecule has 166 valence electrons. The molecular formula is C25H29N5O2. The van der Waals surface area contributed by atoms with E-state index in [0.29, 0.717) is 24.5 Å². The zero-order chi connectivity index (χ0) is 22.0. The molecule has 1 N–H and O–H groups in total. The minimum absolute atomic E-state index is 0.00724. The number of anilines is 1. The van der Waals surface area contributed by atoms with Crippen molar-refractivity contribution in [1.82, 2.24) is 15.2 Å². The summed E-state index contributed by atoms with van der Waals surface area (Å²) < 4.78 is 0. The molecule has 2 saturated heterocycles. The van der Waals surface area contributed by atoms with Gasteiger partial charge in [0, 0.05) is 18.3 Å². The van der Waals surface area contributed by atoms with Gasteiger partial charge in [-0.2, -0.15) is 0 Å². The molecule has 0 bridgehead atoms. The van der Waals surface area contributed by atoms with Crippen molar-refractivity contribution >= 4 is 23.5 Å². The van der Waals surface area contributed by atoms with Crippen molar-refractivity contribution in [2.24, 2.45) is 4.99 Å². The quantitative estimate of drug-likeness (QED) is 0.797. The topological polar surface area (TPSA) is 77.9 Å². The van der Waals surface area contributed by atoms with Gasteiger partial charge >= 0.3 is 6.03 Å². The predicted octanol–water partition coefficient (Wildman–Crippen LogP) is 4.02. The molecule has 7 heteroatoms. The molecule has 1 aliphatic carbocycles. The maximum absolute atomic E-state index is 13.3. The fourth-order valence-corrected chi connectivity index (χ4v) is 5.32. The number of rotatable bonds is 3. The first-order valence-electron chi connectivity index (χ1n) is 11.6. The first-order chi connectivity index (χ1) is 15.7. The molecule has 1 saturated carbocycles. The summed E-state index contributed by atoms with van der Waals surface area (Å²) in [5.74, 6) is 0.705. The van der Waals surface area contributed by atoms with Crippen LogP contribution in [-0.2, 0) is 0 Å². The van der Waals surface area contributed by atoms with Crippen molar-refractivity contribution in [2.45, 2.75) is 56.5 Å².